The second-order valence-corrected chi connectivity index (χ2v) is 5.57. The predicted octanol–water partition coefficient (Wildman–Crippen LogP) is 3.79. The number of ether oxygens (including phenoxy) is 4. The first kappa shape index (κ1) is 23.7. The van der Waals surface area contributed by atoms with Gasteiger partial charge in [0.2, 0.25) is 0 Å². The fraction of sp³-hybridized carbons (Fsp3) is 0.350. The van der Waals surface area contributed by atoms with Gasteiger partial charge in [-0.1, -0.05) is 6.07 Å². The van der Waals surface area contributed by atoms with Crippen LogP contribution in [0, 0.1) is 0 Å². The van der Waals surface area contributed by atoms with Crippen molar-refractivity contribution in [2.75, 3.05) is 46.8 Å². The first-order valence-corrected chi connectivity index (χ1v) is 8.66. The third-order valence-electron chi connectivity index (χ3n) is 3.79. The highest BCUT2D eigenvalue weighted by Gasteiger charge is 2.06. The molecule has 0 fully saturated rings. The van der Waals surface area contributed by atoms with Crippen LogP contribution >= 0.6 is 24.0 Å². The largest absolute Gasteiger partial charge is 0.497 e. The van der Waals surface area contributed by atoms with Gasteiger partial charge in [-0.05, 0) is 30.7 Å². The normalized spacial score (nSPS) is 10.5. The third-order valence-corrected chi connectivity index (χ3v) is 3.79. The van der Waals surface area contributed by atoms with Crippen LogP contribution < -0.4 is 29.6 Å². The van der Waals surface area contributed by atoms with Crippen LogP contribution in [0.2, 0.25) is 0 Å². The van der Waals surface area contributed by atoms with E-state index in [4.69, 9.17) is 18.9 Å². The van der Waals surface area contributed by atoms with Crippen molar-refractivity contribution in [3.63, 3.8) is 0 Å². The zero-order valence-electron chi connectivity index (χ0n) is 16.7. The summed E-state index contributed by atoms with van der Waals surface area (Å²) in [7, 11) is 6.58. The number of halogens is 1. The Balaban J connectivity index is 0.00000392. The molecule has 28 heavy (non-hydrogen) atoms. The first-order chi connectivity index (χ1) is 13.2. The van der Waals surface area contributed by atoms with Gasteiger partial charge in [0.25, 0.3) is 0 Å². The number of rotatable bonds is 9. The van der Waals surface area contributed by atoms with Crippen LogP contribution in [0.4, 0.5) is 5.69 Å². The van der Waals surface area contributed by atoms with E-state index >= 15 is 0 Å². The van der Waals surface area contributed by atoms with Gasteiger partial charge >= 0.3 is 0 Å². The van der Waals surface area contributed by atoms with Gasteiger partial charge < -0.3 is 29.6 Å². The molecular weight excluding hydrogens is 473 g/mol. The zero-order valence-corrected chi connectivity index (χ0v) is 19.0. The summed E-state index contributed by atoms with van der Waals surface area (Å²) in [6.45, 7) is 1.31. The lowest BCUT2D eigenvalue weighted by Gasteiger charge is -2.14. The third kappa shape index (κ3) is 7.34. The van der Waals surface area contributed by atoms with E-state index in [1.807, 2.05) is 42.5 Å². The molecule has 0 aromatic heterocycles. The summed E-state index contributed by atoms with van der Waals surface area (Å²) in [5.74, 6) is 3.58. The minimum Gasteiger partial charge on any atom is -0.497 e. The average Bonchev–Trinajstić information content (AvgIpc) is 2.72. The monoisotopic (exact) mass is 501 g/mol. The van der Waals surface area contributed by atoms with Crippen LogP contribution in [0.5, 0.6) is 23.0 Å². The number of hydrogen-bond acceptors (Lipinski definition) is 5. The van der Waals surface area contributed by atoms with E-state index < -0.39 is 0 Å². The summed E-state index contributed by atoms with van der Waals surface area (Å²) >= 11 is 0. The molecule has 2 rings (SSSR count). The van der Waals surface area contributed by atoms with E-state index in [-0.39, 0.29) is 24.0 Å². The van der Waals surface area contributed by atoms with Crippen LogP contribution in [0.3, 0.4) is 0 Å². The van der Waals surface area contributed by atoms with Crippen molar-refractivity contribution in [2.24, 2.45) is 4.99 Å². The molecule has 7 nitrogen and oxygen atoms in total. The summed E-state index contributed by atoms with van der Waals surface area (Å²) in [5.41, 5.74) is 0.855. The molecule has 0 atom stereocenters. The van der Waals surface area contributed by atoms with Crippen LogP contribution in [0.25, 0.3) is 0 Å². The summed E-state index contributed by atoms with van der Waals surface area (Å²) < 4.78 is 21.5. The van der Waals surface area contributed by atoms with Gasteiger partial charge in [-0.2, -0.15) is 0 Å². The van der Waals surface area contributed by atoms with Crippen LogP contribution in [-0.4, -0.2) is 47.5 Å². The lowest BCUT2D eigenvalue weighted by atomic mass is 10.3. The Hall–Kier alpha value is -2.36. The molecule has 2 aromatic rings. The molecule has 0 heterocycles. The standard InChI is InChI=1S/C20H27N3O4.HI/c1-21-20(23-15-9-10-18(25-3)19(13-15)26-4)22-11-6-12-27-17-8-5-7-16(14-17)24-2;/h5,7-10,13-14H,6,11-12H2,1-4H3,(H2,21,22,23);1H. The van der Waals surface area contributed by atoms with Gasteiger partial charge in [-0.25, -0.2) is 0 Å². The molecule has 0 spiro atoms. The smallest absolute Gasteiger partial charge is 0.195 e. The van der Waals surface area contributed by atoms with Crippen LogP contribution in [-0.2, 0) is 0 Å². The molecular formula is C20H28IN3O4. The molecule has 8 heteroatoms. The van der Waals surface area contributed by atoms with Gasteiger partial charge in [0.05, 0.1) is 27.9 Å². The molecule has 0 bridgehead atoms. The first-order valence-electron chi connectivity index (χ1n) is 8.66. The molecule has 154 valence electrons. The summed E-state index contributed by atoms with van der Waals surface area (Å²) in [6, 6.07) is 13.2. The van der Waals surface area contributed by atoms with Crippen molar-refractivity contribution < 1.29 is 18.9 Å². The number of nitrogens with one attached hydrogen (secondary N) is 2. The van der Waals surface area contributed by atoms with E-state index in [0.29, 0.717) is 24.1 Å². The van der Waals surface area contributed by atoms with Gasteiger partial charge in [0, 0.05) is 31.4 Å². The summed E-state index contributed by atoms with van der Waals surface area (Å²) in [4.78, 5) is 4.22. The second-order valence-electron chi connectivity index (χ2n) is 5.57. The lowest BCUT2D eigenvalue weighted by Crippen LogP contribution is -2.32. The molecule has 0 aliphatic rings. The molecule has 0 aliphatic carbocycles. The highest BCUT2D eigenvalue weighted by molar-refractivity contribution is 14.0. The topological polar surface area (TPSA) is 73.3 Å². The van der Waals surface area contributed by atoms with Crippen molar-refractivity contribution in [1.82, 2.24) is 5.32 Å². The van der Waals surface area contributed by atoms with Crippen molar-refractivity contribution >= 4 is 35.6 Å². The number of nitrogens with zero attached hydrogens (tertiary/aromatic N) is 1. The molecule has 0 saturated carbocycles. The average molecular weight is 501 g/mol. The lowest BCUT2D eigenvalue weighted by molar-refractivity contribution is 0.309. The second kappa shape index (κ2) is 12.9. The predicted molar refractivity (Wildman–Crippen MR) is 123 cm³/mol. The van der Waals surface area contributed by atoms with Crippen LogP contribution in [0.1, 0.15) is 6.42 Å². The molecule has 0 saturated heterocycles. The van der Waals surface area contributed by atoms with Crippen molar-refractivity contribution in [3.05, 3.63) is 42.5 Å². The number of aliphatic imine (C=N–C) groups is 1. The summed E-state index contributed by atoms with van der Waals surface area (Å²) in [6.07, 6.45) is 0.823. The Morgan fingerprint density at radius 3 is 2.36 bits per heavy atom. The van der Waals surface area contributed by atoms with Crippen molar-refractivity contribution in [1.29, 1.82) is 0 Å². The van der Waals surface area contributed by atoms with E-state index in [1.54, 1.807) is 28.4 Å². The molecule has 0 unspecified atom stereocenters. The maximum atomic E-state index is 5.73. The van der Waals surface area contributed by atoms with E-state index in [2.05, 4.69) is 15.6 Å². The highest BCUT2D eigenvalue weighted by atomic mass is 127. The van der Waals surface area contributed by atoms with E-state index in [1.165, 1.54) is 0 Å². The SMILES string of the molecule is CN=C(NCCCOc1cccc(OC)c1)Nc1ccc(OC)c(OC)c1.I. The minimum absolute atomic E-state index is 0. The number of guanidine groups is 1. The van der Waals surface area contributed by atoms with Gasteiger partial charge in [0.1, 0.15) is 11.5 Å². The number of anilines is 1. The number of benzene rings is 2. The van der Waals surface area contributed by atoms with Gasteiger partial charge in [0.15, 0.2) is 17.5 Å². The minimum atomic E-state index is 0. The number of methoxy groups -OCH3 is 3. The Morgan fingerprint density at radius 2 is 1.68 bits per heavy atom. The molecule has 0 radical (unpaired) electrons. The van der Waals surface area contributed by atoms with Gasteiger partial charge in [-0.3, -0.25) is 4.99 Å². The quantitative estimate of drug-likeness (QED) is 0.236. The molecule has 2 N–H and O–H groups in total. The maximum Gasteiger partial charge on any atom is 0.195 e. The molecule has 2 aromatic carbocycles. The Morgan fingerprint density at radius 1 is 0.929 bits per heavy atom. The maximum absolute atomic E-state index is 5.73. The molecule has 0 aliphatic heterocycles. The van der Waals surface area contributed by atoms with Crippen molar-refractivity contribution in [2.45, 2.75) is 6.42 Å². The summed E-state index contributed by atoms with van der Waals surface area (Å²) in [5, 5.41) is 6.48. The van der Waals surface area contributed by atoms with Crippen LogP contribution in [0.15, 0.2) is 47.5 Å². The fourth-order valence-electron chi connectivity index (χ4n) is 2.39. The Bertz CT molecular complexity index is 756. The number of hydrogen-bond donors (Lipinski definition) is 2. The van der Waals surface area contributed by atoms with Crippen molar-refractivity contribution in [3.8, 4) is 23.0 Å². The fourth-order valence-corrected chi connectivity index (χ4v) is 2.39. The Labute approximate surface area is 183 Å². The zero-order chi connectivity index (χ0) is 19.5. The van der Waals surface area contributed by atoms with E-state index in [0.717, 1.165) is 30.2 Å². The highest BCUT2D eigenvalue weighted by Crippen LogP contribution is 2.29. The van der Waals surface area contributed by atoms with E-state index in [9.17, 15) is 0 Å². The molecule has 0 amide bonds. The Kier molecular flexibility index (Phi) is 10.9. The van der Waals surface area contributed by atoms with Gasteiger partial charge in [-0.15, -0.1) is 24.0 Å².